The number of rotatable bonds is 3. The quantitative estimate of drug-likeness (QED) is 0.883. The van der Waals surface area contributed by atoms with E-state index in [2.05, 4.69) is 18.2 Å². The third-order valence-electron chi connectivity index (χ3n) is 4.47. The van der Waals surface area contributed by atoms with Gasteiger partial charge in [-0.2, -0.15) is 0 Å². The minimum Gasteiger partial charge on any atom is -0.493 e. The molecule has 0 saturated heterocycles. The van der Waals surface area contributed by atoms with Crippen molar-refractivity contribution < 1.29 is 4.74 Å². The molecule has 98 valence electrons. The lowest BCUT2D eigenvalue weighted by Gasteiger charge is -2.22. The number of nitrogens with two attached hydrogens (primary N) is 1. The van der Waals surface area contributed by atoms with Gasteiger partial charge in [-0.25, -0.2) is 0 Å². The van der Waals surface area contributed by atoms with Crippen LogP contribution in [0.5, 0.6) is 5.75 Å². The molecule has 1 unspecified atom stereocenters. The molecule has 2 heteroatoms. The van der Waals surface area contributed by atoms with E-state index in [0.29, 0.717) is 0 Å². The second-order valence-corrected chi connectivity index (χ2v) is 5.78. The van der Waals surface area contributed by atoms with Crippen LogP contribution in [0.25, 0.3) is 0 Å². The van der Waals surface area contributed by atoms with Crippen molar-refractivity contribution in [2.75, 3.05) is 6.61 Å². The van der Waals surface area contributed by atoms with Gasteiger partial charge in [-0.05, 0) is 48.8 Å². The lowest BCUT2D eigenvalue weighted by atomic mass is 9.90. The minimum atomic E-state index is 0.221. The zero-order valence-electron chi connectivity index (χ0n) is 11.0. The van der Waals surface area contributed by atoms with E-state index in [1.807, 2.05) is 0 Å². The molecule has 1 aromatic rings. The maximum absolute atomic E-state index is 6.10. The van der Waals surface area contributed by atoms with Crippen LogP contribution in [-0.2, 0) is 6.42 Å². The largest absolute Gasteiger partial charge is 0.493 e. The van der Waals surface area contributed by atoms with Crippen molar-refractivity contribution in [1.29, 1.82) is 0 Å². The lowest BCUT2D eigenvalue weighted by molar-refractivity contribution is 0.207. The molecule has 1 saturated carbocycles. The Labute approximate surface area is 110 Å². The molecule has 2 N–H and O–H groups in total. The van der Waals surface area contributed by atoms with Crippen molar-refractivity contribution in [3.63, 3.8) is 0 Å². The first-order valence-electron chi connectivity index (χ1n) is 7.35. The summed E-state index contributed by atoms with van der Waals surface area (Å²) in [5.41, 5.74) is 8.76. The second kappa shape index (κ2) is 5.31. The van der Waals surface area contributed by atoms with Gasteiger partial charge in [-0.1, -0.05) is 31.4 Å². The highest BCUT2D eigenvalue weighted by molar-refractivity contribution is 5.44. The molecule has 0 radical (unpaired) electrons. The third-order valence-corrected chi connectivity index (χ3v) is 4.47. The molecule has 0 heterocycles. The van der Waals surface area contributed by atoms with Crippen LogP contribution >= 0.6 is 0 Å². The summed E-state index contributed by atoms with van der Waals surface area (Å²) in [6.07, 6.45) is 9.00. The van der Waals surface area contributed by atoms with Crippen molar-refractivity contribution in [2.45, 2.75) is 51.0 Å². The van der Waals surface area contributed by atoms with E-state index < -0.39 is 0 Å². The number of ether oxygens (including phenoxy) is 1. The summed E-state index contributed by atoms with van der Waals surface area (Å²) in [5.74, 6) is 1.86. The van der Waals surface area contributed by atoms with Crippen molar-refractivity contribution in [2.24, 2.45) is 11.7 Å². The fraction of sp³-hybridized carbons (Fsp3) is 0.625. The summed E-state index contributed by atoms with van der Waals surface area (Å²) in [6, 6.07) is 6.57. The van der Waals surface area contributed by atoms with Gasteiger partial charge in [0, 0.05) is 6.04 Å². The van der Waals surface area contributed by atoms with Crippen molar-refractivity contribution in [3.8, 4) is 5.75 Å². The van der Waals surface area contributed by atoms with E-state index in [4.69, 9.17) is 10.5 Å². The molecule has 3 rings (SSSR count). The Morgan fingerprint density at radius 1 is 1.11 bits per heavy atom. The maximum Gasteiger partial charge on any atom is 0.122 e. The molecule has 1 atom stereocenters. The Morgan fingerprint density at radius 2 is 1.94 bits per heavy atom. The van der Waals surface area contributed by atoms with Crippen LogP contribution in [-0.4, -0.2) is 6.61 Å². The predicted octanol–water partition coefficient (Wildman–Crippen LogP) is 3.59. The van der Waals surface area contributed by atoms with Gasteiger partial charge >= 0.3 is 0 Å². The molecule has 1 fully saturated rings. The van der Waals surface area contributed by atoms with Crippen LogP contribution in [0.15, 0.2) is 18.2 Å². The topological polar surface area (TPSA) is 35.2 Å². The molecule has 0 bridgehead atoms. The molecule has 2 aliphatic rings. The number of hydrogen-bond acceptors (Lipinski definition) is 2. The Morgan fingerprint density at radius 3 is 2.78 bits per heavy atom. The van der Waals surface area contributed by atoms with Crippen LogP contribution in [0.3, 0.4) is 0 Å². The van der Waals surface area contributed by atoms with E-state index in [0.717, 1.165) is 31.1 Å². The van der Waals surface area contributed by atoms with E-state index in [-0.39, 0.29) is 6.04 Å². The van der Waals surface area contributed by atoms with Crippen LogP contribution in [0.1, 0.15) is 55.7 Å². The second-order valence-electron chi connectivity index (χ2n) is 5.78. The maximum atomic E-state index is 6.10. The Bertz CT molecular complexity index is 410. The summed E-state index contributed by atoms with van der Waals surface area (Å²) >= 11 is 0. The molecule has 0 amide bonds. The Kier molecular flexibility index (Phi) is 3.55. The SMILES string of the molecule is NC1CCc2c(OCC3CCCCC3)cccc21. The van der Waals surface area contributed by atoms with Gasteiger partial charge in [0.2, 0.25) is 0 Å². The van der Waals surface area contributed by atoms with Gasteiger partial charge in [0.25, 0.3) is 0 Å². The zero-order chi connectivity index (χ0) is 12.4. The predicted molar refractivity (Wildman–Crippen MR) is 73.8 cm³/mol. The minimum absolute atomic E-state index is 0.221. The monoisotopic (exact) mass is 245 g/mol. The highest BCUT2D eigenvalue weighted by atomic mass is 16.5. The van der Waals surface area contributed by atoms with Crippen molar-refractivity contribution in [3.05, 3.63) is 29.3 Å². The van der Waals surface area contributed by atoms with Crippen LogP contribution < -0.4 is 10.5 Å². The first-order valence-corrected chi connectivity index (χ1v) is 7.35. The molecular formula is C16H23NO. The fourth-order valence-corrected chi connectivity index (χ4v) is 3.35. The molecule has 0 spiro atoms. The molecule has 1 aromatic carbocycles. The summed E-state index contributed by atoms with van der Waals surface area (Å²) in [6.45, 7) is 0.895. The van der Waals surface area contributed by atoms with Crippen LogP contribution in [0.2, 0.25) is 0 Å². The molecule has 2 aliphatic carbocycles. The van der Waals surface area contributed by atoms with E-state index in [1.165, 1.54) is 43.2 Å². The standard InChI is InChI=1S/C16H23NO/c17-15-10-9-14-13(15)7-4-8-16(14)18-11-12-5-2-1-3-6-12/h4,7-8,12,15H,1-3,5-6,9-11,17H2. The summed E-state index contributed by atoms with van der Waals surface area (Å²) in [7, 11) is 0. The zero-order valence-corrected chi connectivity index (χ0v) is 11.0. The number of fused-ring (bicyclic) bond motifs is 1. The fourth-order valence-electron chi connectivity index (χ4n) is 3.35. The first kappa shape index (κ1) is 12.0. The Balaban J connectivity index is 1.66. The van der Waals surface area contributed by atoms with Crippen LogP contribution in [0.4, 0.5) is 0 Å². The van der Waals surface area contributed by atoms with E-state index >= 15 is 0 Å². The van der Waals surface area contributed by atoms with Crippen molar-refractivity contribution in [1.82, 2.24) is 0 Å². The molecular weight excluding hydrogens is 222 g/mol. The lowest BCUT2D eigenvalue weighted by Crippen LogP contribution is -2.15. The smallest absolute Gasteiger partial charge is 0.122 e. The average Bonchev–Trinajstić information content (AvgIpc) is 2.80. The molecule has 0 aromatic heterocycles. The number of hydrogen-bond donors (Lipinski definition) is 1. The highest BCUT2D eigenvalue weighted by Gasteiger charge is 2.22. The van der Waals surface area contributed by atoms with Gasteiger partial charge in [0.15, 0.2) is 0 Å². The summed E-state index contributed by atoms with van der Waals surface area (Å²) < 4.78 is 6.08. The van der Waals surface area contributed by atoms with E-state index in [1.54, 1.807) is 0 Å². The highest BCUT2D eigenvalue weighted by Crippen LogP contribution is 2.36. The van der Waals surface area contributed by atoms with Gasteiger partial charge < -0.3 is 10.5 Å². The van der Waals surface area contributed by atoms with Crippen molar-refractivity contribution >= 4 is 0 Å². The first-order chi connectivity index (χ1) is 8.84. The average molecular weight is 245 g/mol. The normalized spacial score (nSPS) is 23.9. The summed E-state index contributed by atoms with van der Waals surface area (Å²) in [4.78, 5) is 0. The molecule has 18 heavy (non-hydrogen) atoms. The van der Waals surface area contributed by atoms with Gasteiger partial charge in [-0.15, -0.1) is 0 Å². The van der Waals surface area contributed by atoms with Gasteiger partial charge in [0.05, 0.1) is 6.61 Å². The van der Waals surface area contributed by atoms with E-state index in [9.17, 15) is 0 Å². The molecule has 2 nitrogen and oxygen atoms in total. The Hall–Kier alpha value is -1.02. The van der Waals surface area contributed by atoms with Gasteiger partial charge in [0.1, 0.15) is 5.75 Å². The van der Waals surface area contributed by atoms with Crippen LogP contribution in [0, 0.1) is 5.92 Å². The molecule has 0 aliphatic heterocycles. The summed E-state index contributed by atoms with van der Waals surface area (Å²) in [5, 5.41) is 0. The van der Waals surface area contributed by atoms with Gasteiger partial charge in [-0.3, -0.25) is 0 Å². The third kappa shape index (κ3) is 2.39. The number of benzene rings is 1.